The molecule has 1 atom stereocenters. The highest BCUT2D eigenvalue weighted by Crippen LogP contribution is 2.36. The Labute approximate surface area is 125 Å². The molecule has 104 valence electrons. The quantitative estimate of drug-likeness (QED) is 0.762. The van der Waals surface area contributed by atoms with Crippen LogP contribution in [0.4, 0.5) is 0 Å². The number of benzene rings is 2. The van der Waals surface area contributed by atoms with Gasteiger partial charge in [0, 0.05) is 6.61 Å². The van der Waals surface area contributed by atoms with Crippen molar-refractivity contribution in [1.29, 1.82) is 5.26 Å². The Balaban J connectivity index is 1.58. The van der Waals surface area contributed by atoms with Gasteiger partial charge in [-0.3, -0.25) is 0 Å². The highest BCUT2D eigenvalue weighted by molar-refractivity contribution is 5.69. The van der Waals surface area contributed by atoms with Gasteiger partial charge in [-0.1, -0.05) is 54.6 Å². The second kappa shape index (κ2) is 6.39. The number of nitrogens with zero attached hydrogens (tertiary/aromatic N) is 1. The van der Waals surface area contributed by atoms with Gasteiger partial charge in [-0.05, 0) is 35.6 Å². The van der Waals surface area contributed by atoms with Crippen molar-refractivity contribution in [3.05, 3.63) is 76.9 Å². The summed E-state index contributed by atoms with van der Waals surface area (Å²) in [6, 6.07) is 20.7. The normalized spacial score (nSPS) is 16.1. The molecule has 0 saturated heterocycles. The van der Waals surface area contributed by atoms with Gasteiger partial charge in [0.1, 0.15) is 6.10 Å². The number of hydrogen-bond donors (Lipinski definition) is 0. The Kier molecular flexibility index (Phi) is 4.14. The lowest BCUT2D eigenvalue weighted by molar-refractivity contribution is 0.0808. The van der Waals surface area contributed by atoms with E-state index in [2.05, 4.69) is 30.3 Å². The molecule has 2 nitrogen and oxygen atoms in total. The average Bonchev–Trinajstić information content (AvgIpc) is 2.90. The summed E-state index contributed by atoms with van der Waals surface area (Å²) in [5.41, 5.74) is 4.23. The molecule has 0 heterocycles. The van der Waals surface area contributed by atoms with Gasteiger partial charge < -0.3 is 4.74 Å². The van der Waals surface area contributed by atoms with E-state index < -0.39 is 0 Å². The van der Waals surface area contributed by atoms with Crippen LogP contribution < -0.4 is 0 Å². The van der Waals surface area contributed by atoms with Gasteiger partial charge in [-0.15, -0.1) is 0 Å². The van der Waals surface area contributed by atoms with Crippen LogP contribution in [0.5, 0.6) is 0 Å². The van der Waals surface area contributed by atoms with Crippen molar-refractivity contribution >= 4 is 6.08 Å². The standard InChI is InChI=1S/C19H17NO/c20-14-17-13-16-10-4-5-11-18(16)19(17)21-12-6-9-15-7-2-1-3-8-15/h1-5,7-8,10-11,13,19H,6,9,12H2. The minimum Gasteiger partial charge on any atom is -0.368 e. The molecule has 0 aromatic heterocycles. The second-order valence-corrected chi connectivity index (χ2v) is 5.18. The van der Waals surface area contributed by atoms with Crippen molar-refractivity contribution in [2.45, 2.75) is 18.9 Å². The summed E-state index contributed by atoms with van der Waals surface area (Å²) < 4.78 is 5.96. The fourth-order valence-electron chi connectivity index (χ4n) is 2.68. The second-order valence-electron chi connectivity index (χ2n) is 5.18. The van der Waals surface area contributed by atoms with Crippen LogP contribution in [0.3, 0.4) is 0 Å². The average molecular weight is 275 g/mol. The summed E-state index contributed by atoms with van der Waals surface area (Å²) in [5.74, 6) is 0. The molecule has 0 saturated carbocycles. The van der Waals surface area contributed by atoms with E-state index in [1.165, 1.54) is 5.56 Å². The van der Waals surface area contributed by atoms with Gasteiger partial charge in [0.2, 0.25) is 0 Å². The van der Waals surface area contributed by atoms with Gasteiger partial charge in [-0.2, -0.15) is 5.26 Å². The zero-order valence-electron chi connectivity index (χ0n) is 11.8. The highest BCUT2D eigenvalue weighted by Gasteiger charge is 2.25. The summed E-state index contributed by atoms with van der Waals surface area (Å²) in [4.78, 5) is 0. The zero-order chi connectivity index (χ0) is 14.5. The predicted molar refractivity (Wildman–Crippen MR) is 83.5 cm³/mol. The number of nitriles is 1. The van der Waals surface area contributed by atoms with Crippen LogP contribution in [0, 0.1) is 11.3 Å². The van der Waals surface area contributed by atoms with E-state index in [1.54, 1.807) is 0 Å². The molecule has 0 fully saturated rings. The molecule has 2 aromatic rings. The van der Waals surface area contributed by atoms with Crippen molar-refractivity contribution in [3.63, 3.8) is 0 Å². The molecular formula is C19H17NO. The van der Waals surface area contributed by atoms with Crippen LogP contribution in [0.25, 0.3) is 6.08 Å². The molecular weight excluding hydrogens is 258 g/mol. The van der Waals surface area contributed by atoms with Crippen LogP contribution in [-0.2, 0) is 11.2 Å². The Hall–Kier alpha value is -2.37. The molecule has 2 aromatic carbocycles. The van der Waals surface area contributed by atoms with Crippen molar-refractivity contribution in [1.82, 2.24) is 0 Å². The topological polar surface area (TPSA) is 33.0 Å². The molecule has 0 spiro atoms. The molecule has 0 amide bonds. The van der Waals surface area contributed by atoms with Crippen LogP contribution >= 0.6 is 0 Å². The van der Waals surface area contributed by atoms with Gasteiger partial charge in [0.15, 0.2) is 0 Å². The van der Waals surface area contributed by atoms with E-state index in [0.29, 0.717) is 12.2 Å². The van der Waals surface area contributed by atoms with E-state index in [0.717, 1.165) is 24.0 Å². The van der Waals surface area contributed by atoms with Crippen LogP contribution in [-0.4, -0.2) is 6.61 Å². The molecule has 3 rings (SSSR count). The lowest BCUT2D eigenvalue weighted by Gasteiger charge is -2.14. The van der Waals surface area contributed by atoms with Gasteiger partial charge in [0.25, 0.3) is 0 Å². The molecule has 0 bridgehead atoms. The lowest BCUT2D eigenvalue weighted by Crippen LogP contribution is -2.06. The third-order valence-electron chi connectivity index (χ3n) is 3.74. The number of aryl methyl sites for hydroxylation is 1. The van der Waals surface area contributed by atoms with E-state index in [-0.39, 0.29) is 6.10 Å². The third kappa shape index (κ3) is 3.04. The van der Waals surface area contributed by atoms with Crippen molar-refractivity contribution < 1.29 is 4.74 Å². The van der Waals surface area contributed by atoms with Crippen molar-refractivity contribution in [2.75, 3.05) is 6.61 Å². The van der Waals surface area contributed by atoms with Gasteiger partial charge in [0.05, 0.1) is 11.6 Å². The summed E-state index contributed by atoms with van der Waals surface area (Å²) >= 11 is 0. The smallest absolute Gasteiger partial charge is 0.118 e. The van der Waals surface area contributed by atoms with E-state index >= 15 is 0 Å². The first-order chi connectivity index (χ1) is 10.4. The van der Waals surface area contributed by atoms with Crippen LogP contribution in [0.15, 0.2) is 60.2 Å². The zero-order valence-corrected chi connectivity index (χ0v) is 11.8. The maximum Gasteiger partial charge on any atom is 0.118 e. The fraction of sp³-hybridized carbons (Fsp3) is 0.211. The summed E-state index contributed by atoms with van der Waals surface area (Å²) in [5, 5.41) is 9.24. The lowest BCUT2D eigenvalue weighted by atomic mass is 10.1. The molecule has 21 heavy (non-hydrogen) atoms. The first-order valence-corrected chi connectivity index (χ1v) is 7.24. The van der Waals surface area contributed by atoms with E-state index in [4.69, 9.17) is 4.74 Å². The van der Waals surface area contributed by atoms with E-state index in [9.17, 15) is 5.26 Å². The number of hydrogen-bond acceptors (Lipinski definition) is 2. The Morgan fingerprint density at radius 3 is 2.57 bits per heavy atom. The number of ether oxygens (including phenoxy) is 1. The maximum absolute atomic E-state index is 9.24. The SMILES string of the molecule is N#CC1=Cc2ccccc2C1OCCCc1ccccc1. The van der Waals surface area contributed by atoms with Crippen LogP contribution in [0.1, 0.15) is 29.2 Å². The maximum atomic E-state index is 9.24. The first-order valence-electron chi connectivity index (χ1n) is 7.24. The van der Waals surface area contributed by atoms with Crippen molar-refractivity contribution in [2.24, 2.45) is 0 Å². The molecule has 1 aliphatic carbocycles. The molecule has 2 heteroatoms. The molecule has 0 aliphatic heterocycles. The first kappa shape index (κ1) is 13.6. The molecule has 0 radical (unpaired) electrons. The molecule has 0 N–H and O–H groups in total. The fourth-order valence-corrected chi connectivity index (χ4v) is 2.68. The number of fused-ring (bicyclic) bond motifs is 1. The summed E-state index contributed by atoms with van der Waals surface area (Å²) in [6.07, 6.45) is 3.70. The number of rotatable bonds is 5. The molecule has 1 aliphatic rings. The van der Waals surface area contributed by atoms with Gasteiger partial charge >= 0.3 is 0 Å². The predicted octanol–water partition coefficient (Wildman–Crippen LogP) is 4.30. The minimum absolute atomic E-state index is 0.193. The summed E-state index contributed by atoms with van der Waals surface area (Å²) in [7, 11) is 0. The Morgan fingerprint density at radius 2 is 1.76 bits per heavy atom. The van der Waals surface area contributed by atoms with E-state index in [1.807, 2.05) is 36.4 Å². The van der Waals surface area contributed by atoms with Gasteiger partial charge in [-0.25, -0.2) is 0 Å². The third-order valence-corrected chi connectivity index (χ3v) is 3.74. The Morgan fingerprint density at radius 1 is 1.00 bits per heavy atom. The largest absolute Gasteiger partial charge is 0.368 e. The monoisotopic (exact) mass is 275 g/mol. The minimum atomic E-state index is -0.193. The summed E-state index contributed by atoms with van der Waals surface area (Å²) in [6.45, 7) is 0.660. The van der Waals surface area contributed by atoms with Crippen molar-refractivity contribution in [3.8, 4) is 6.07 Å². The van der Waals surface area contributed by atoms with Crippen LogP contribution in [0.2, 0.25) is 0 Å². The molecule has 1 unspecified atom stereocenters. The Bertz CT molecular complexity index is 682. The highest BCUT2D eigenvalue weighted by atomic mass is 16.5.